The Bertz CT molecular complexity index is 406. The molecule has 1 heterocycles. The maximum Gasteiger partial charge on any atom is 0.268 e. The maximum absolute atomic E-state index is 11.8. The van der Waals surface area contributed by atoms with Crippen LogP contribution in [-0.4, -0.2) is 9.78 Å². The lowest BCUT2D eigenvalue weighted by Crippen LogP contribution is -2.12. The minimum Gasteiger partial charge on any atom is -0.273 e. The van der Waals surface area contributed by atoms with E-state index in [0.717, 1.165) is 31.4 Å². The topological polar surface area (TPSA) is 37.8 Å². The Morgan fingerprint density at radius 3 is 2.53 bits per heavy atom. The van der Waals surface area contributed by atoms with Gasteiger partial charge in [-0.3, -0.25) is 14.6 Å². The Balaban J connectivity index is 2.85. The zero-order chi connectivity index (χ0) is 13.0. The molecule has 0 bridgehead atoms. The van der Waals surface area contributed by atoms with E-state index in [2.05, 4.69) is 32.8 Å². The average molecular weight is 259 g/mol. The van der Waals surface area contributed by atoms with Crippen molar-refractivity contribution >= 4 is 11.6 Å². The van der Waals surface area contributed by atoms with Gasteiger partial charge in [0.2, 0.25) is 0 Å². The van der Waals surface area contributed by atoms with E-state index in [1.165, 1.54) is 0 Å². The van der Waals surface area contributed by atoms with Gasteiger partial charge in [0.1, 0.15) is 5.15 Å². The number of hydrogen-bond donors (Lipinski definition) is 1. The number of aromatic amines is 1. The third kappa shape index (κ3) is 3.91. The molecule has 1 N–H and O–H groups in total. The highest BCUT2D eigenvalue weighted by Crippen LogP contribution is 2.18. The fraction of sp³-hybridized carbons (Fsp3) is 0.769. The molecule has 0 amide bonds. The second kappa shape index (κ2) is 6.29. The first kappa shape index (κ1) is 14.4. The zero-order valence-electron chi connectivity index (χ0n) is 11.2. The van der Waals surface area contributed by atoms with Crippen molar-refractivity contribution in [3.05, 3.63) is 21.1 Å². The number of rotatable bonds is 6. The van der Waals surface area contributed by atoms with E-state index < -0.39 is 0 Å². The molecule has 1 atom stereocenters. The number of aromatic nitrogens is 2. The van der Waals surface area contributed by atoms with Crippen LogP contribution in [0.5, 0.6) is 0 Å². The Morgan fingerprint density at radius 1 is 1.35 bits per heavy atom. The molecule has 0 aromatic carbocycles. The molecule has 1 rings (SSSR count). The number of hydrogen-bond acceptors (Lipinski definition) is 1. The normalized spacial score (nSPS) is 13.3. The predicted octanol–water partition coefficient (Wildman–Crippen LogP) is 3.46. The quantitative estimate of drug-likeness (QED) is 0.834. The molecule has 0 aliphatic carbocycles. The summed E-state index contributed by atoms with van der Waals surface area (Å²) < 4.78 is 1.79. The first-order valence-electron chi connectivity index (χ1n) is 6.42. The van der Waals surface area contributed by atoms with Crippen LogP contribution in [0.3, 0.4) is 0 Å². The number of halogens is 1. The lowest BCUT2D eigenvalue weighted by atomic mass is 10.1. The van der Waals surface area contributed by atoms with E-state index in [0.29, 0.717) is 17.0 Å². The molecule has 1 unspecified atom stereocenters. The Labute approximate surface area is 108 Å². The summed E-state index contributed by atoms with van der Waals surface area (Å²) >= 11 is 6.25. The highest BCUT2D eigenvalue weighted by atomic mass is 35.5. The molecule has 0 saturated heterocycles. The summed E-state index contributed by atoms with van der Waals surface area (Å²) in [4.78, 5) is 11.8. The fourth-order valence-corrected chi connectivity index (χ4v) is 2.38. The largest absolute Gasteiger partial charge is 0.273 e. The molecule has 0 fully saturated rings. The van der Waals surface area contributed by atoms with Crippen molar-refractivity contribution in [2.75, 3.05) is 0 Å². The van der Waals surface area contributed by atoms with Crippen LogP contribution in [-0.2, 0) is 13.0 Å². The molecular formula is C13H23ClN2O. The molecular weight excluding hydrogens is 236 g/mol. The zero-order valence-corrected chi connectivity index (χ0v) is 12.0. The summed E-state index contributed by atoms with van der Waals surface area (Å²) in [6.45, 7) is 9.32. The standard InChI is InChI=1S/C13H23ClN2O/c1-5-6-10(4)8-16-12(14)11(7-9(2)3)13(17)15-16/h9-10H,5-8H2,1-4H3,(H,15,17). The van der Waals surface area contributed by atoms with E-state index in [-0.39, 0.29) is 5.56 Å². The molecule has 0 radical (unpaired) electrons. The maximum atomic E-state index is 11.8. The SMILES string of the molecule is CCCC(C)Cn1[nH]c(=O)c(CC(C)C)c1Cl. The fourth-order valence-electron chi connectivity index (χ4n) is 2.10. The van der Waals surface area contributed by atoms with Crippen molar-refractivity contribution in [2.24, 2.45) is 11.8 Å². The first-order valence-corrected chi connectivity index (χ1v) is 6.80. The summed E-state index contributed by atoms with van der Waals surface area (Å²) in [5.41, 5.74) is 0.692. The highest BCUT2D eigenvalue weighted by molar-refractivity contribution is 6.30. The Hall–Kier alpha value is -0.700. The van der Waals surface area contributed by atoms with E-state index in [1.54, 1.807) is 4.68 Å². The number of H-pyrrole nitrogens is 1. The lowest BCUT2D eigenvalue weighted by molar-refractivity contribution is 0.419. The van der Waals surface area contributed by atoms with Crippen LogP contribution in [0.2, 0.25) is 5.15 Å². The molecule has 3 nitrogen and oxygen atoms in total. The third-order valence-electron chi connectivity index (χ3n) is 2.88. The predicted molar refractivity (Wildman–Crippen MR) is 72.7 cm³/mol. The second-order valence-corrected chi connectivity index (χ2v) is 5.67. The van der Waals surface area contributed by atoms with Gasteiger partial charge < -0.3 is 0 Å². The van der Waals surface area contributed by atoms with Crippen LogP contribution in [0.15, 0.2) is 4.79 Å². The molecule has 0 spiro atoms. The summed E-state index contributed by atoms with van der Waals surface area (Å²) in [6, 6.07) is 0. The number of nitrogens with one attached hydrogen (secondary N) is 1. The van der Waals surface area contributed by atoms with Crippen molar-refractivity contribution in [1.82, 2.24) is 9.78 Å². The second-order valence-electron chi connectivity index (χ2n) is 5.31. The Kier molecular flexibility index (Phi) is 5.31. The molecule has 98 valence electrons. The molecule has 4 heteroatoms. The first-order chi connectivity index (χ1) is 7.95. The van der Waals surface area contributed by atoms with Crippen molar-refractivity contribution in [2.45, 2.75) is 53.5 Å². The highest BCUT2D eigenvalue weighted by Gasteiger charge is 2.15. The summed E-state index contributed by atoms with van der Waals surface area (Å²) in [6.07, 6.45) is 3.04. The van der Waals surface area contributed by atoms with E-state index in [1.807, 2.05) is 0 Å². The third-order valence-corrected chi connectivity index (χ3v) is 3.32. The Morgan fingerprint density at radius 2 is 2.00 bits per heavy atom. The minimum absolute atomic E-state index is 0.0348. The molecule has 17 heavy (non-hydrogen) atoms. The van der Waals surface area contributed by atoms with Gasteiger partial charge in [-0.25, -0.2) is 0 Å². The van der Waals surface area contributed by atoms with Gasteiger partial charge in [0.25, 0.3) is 5.56 Å². The molecule has 0 aliphatic rings. The molecule has 1 aromatic heterocycles. The smallest absolute Gasteiger partial charge is 0.268 e. The van der Waals surface area contributed by atoms with Gasteiger partial charge in [-0.2, -0.15) is 0 Å². The van der Waals surface area contributed by atoms with Crippen LogP contribution >= 0.6 is 11.6 Å². The minimum atomic E-state index is -0.0348. The van der Waals surface area contributed by atoms with Crippen molar-refractivity contribution in [3.63, 3.8) is 0 Å². The van der Waals surface area contributed by atoms with Gasteiger partial charge in [0.05, 0.1) is 5.56 Å². The van der Waals surface area contributed by atoms with E-state index in [4.69, 9.17) is 11.6 Å². The number of nitrogens with zero attached hydrogens (tertiary/aromatic N) is 1. The molecule has 1 aromatic rings. The summed E-state index contributed by atoms with van der Waals surface area (Å²) in [5.74, 6) is 0.977. The summed E-state index contributed by atoms with van der Waals surface area (Å²) in [7, 11) is 0. The van der Waals surface area contributed by atoms with Gasteiger partial charge >= 0.3 is 0 Å². The van der Waals surface area contributed by atoms with Gasteiger partial charge in [-0.05, 0) is 24.7 Å². The van der Waals surface area contributed by atoms with Gasteiger partial charge in [-0.1, -0.05) is 45.7 Å². The average Bonchev–Trinajstić information content (AvgIpc) is 2.46. The molecule has 0 aliphatic heterocycles. The van der Waals surface area contributed by atoms with Crippen LogP contribution < -0.4 is 5.56 Å². The van der Waals surface area contributed by atoms with Gasteiger partial charge in [0, 0.05) is 6.54 Å². The van der Waals surface area contributed by atoms with E-state index >= 15 is 0 Å². The van der Waals surface area contributed by atoms with Crippen LogP contribution in [0.4, 0.5) is 0 Å². The van der Waals surface area contributed by atoms with Crippen LogP contribution in [0, 0.1) is 11.8 Å². The molecule has 0 saturated carbocycles. The summed E-state index contributed by atoms with van der Waals surface area (Å²) in [5, 5.41) is 3.43. The van der Waals surface area contributed by atoms with E-state index in [9.17, 15) is 4.79 Å². The lowest BCUT2D eigenvalue weighted by Gasteiger charge is -2.11. The van der Waals surface area contributed by atoms with Crippen LogP contribution in [0.1, 0.15) is 46.1 Å². The van der Waals surface area contributed by atoms with Crippen molar-refractivity contribution < 1.29 is 0 Å². The van der Waals surface area contributed by atoms with Crippen LogP contribution in [0.25, 0.3) is 0 Å². The monoisotopic (exact) mass is 258 g/mol. The van der Waals surface area contributed by atoms with Crippen molar-refractivity contribution in [1.29, 1.82) is 0 Å². The van der Waals surface area contributed by atoms with Crippen molar-refractivity contribution in [3.8, 4) is 0 Å². The van der Waals surface area contributed by atoms with Gasteiger partial charge in [0.15, 0.2) is 0 Å². The van der Waals surface area contributed by atoms with Gasteiger partial charge in [-0.15, -0.1) is 0 Å².